The maximum absolute atomic E-state index is 4.74. The fraction of sp³-hybridized carbons (Fsp3) is 0.450. The standard InChI is InChI=1S/C40H46N8/c1-27(29-10-5-3-6-11-29)45-25-39(33-16-18-35(45)21-33)47-23-37(41-43-47)31-14-9-15-32(20-31)38-24-48(44-42-38)40-26-46(36-19-17-34(40)22-36)28(2)30-12-7-4-8-13-30/h3-15,20,23-24,27-28,33-36,39-40H,16-19,21-22,25-26H2,1-2H3/t27-,28-,33+,34+,35-,36-,39-,40-/m0/s1. The number of aromatic nitrogens is 6. The molecule has 0 N–H and O–H groups in total. The highest BCUT2D eigenvalue weighted by atomic mass is 15.5. The minimum Gasteiger partial charge on any atom is -0.292 e. The van der Waals surface area contributed by atoms with E-state index in [2.05, 4.69) is 130 Å². The summed E-state index contributed by atoms with van der Waals surface area (Å²) in [5.74, 6) is 1.32. The minimum absolute atomic E-state index is 0.342. The summed E-state index contributed by atoms with van der Waals surface area (Å²) < 4.78 is 4.32. The van der Waals surface area contributed by atoms with Crippen LogP contribution >= 0.6 is 0 Å². The first-order valence-electron chi connectivity index (χ1n) is 18.1. The third-order valence-electron chi connectivity index (χ3n) is 12.4. The molecule has 4 heterocycles. The van der Waals surface area contributed by atoms with Gasteiger partial charge in [-0.1, -0.05) is 89.3 Å². The Labute approximate surface area is 283 Å². The number of piperidine rings is 2. The monoisotopic (exact) mass is 638 g/mol. The summed E-state index contributed by atoms with van der Waals surface area (Å²) in [6.45, 7) is 6.75. The van der Waals surface area contributed by atoms with Gasteiger partial charge in [-0.25, -0.2) is 9.36 Å². The summed E-state index contributed by atoms with van der Waals surface area (Å²) in [5.41, 5.74) is 6.77. The topological polar surface area (TPSA) is 67.9 Å². The lowest BCUT2D eigenvalue weighted by Crippen LogP contribution is -2.45. The van der Waals surface area contributed by atoms with E-state index in [1.165, 1.54) is 49.7 Å². The van der Waals surface area contributed by atoms with Crippen molar-refractivity contribution in [3.63, 3.8) is 0 Å². The van der Waals surface area contributed by atoms with Crippen molar-refractivity contribution in [1.29, 1.82) is 0 Å². The Bertz CT molecular complexity index is 1720. The Balaban J connectivity index is 0.928. The van der Waals surface area contributed by atoms with E-state index in [-0.39, 0.29) is 0 Å². The van der Waals surface area contributed by atoms with Crippen molar-refractivity contribution in [2.45, 2.75) is 88.6 Å². The van der Waals surface area contributed by atoms with Crippen LogP contribution in [0.3, 0.4) is 0 Å². The van der Waals surface area contributed by atoms with Gasteiger partial charge >= 0.3 is 0 Å². The number of rotatable bonds is 8. The molecule has 2 saturated carbocycles. The Morgan fingerprint density at radius 3 is 1.48 bits per heavy atom. The zero-order chi connectivity index (χ0) is 32.2. The quantitative estimate of drug-likeness (QED) is 0.173. The Hall–Kier alpha value is -4.14. The number of fused-ring (bicyclic) bond motifs is 4. The normalized spacial score (nSPS) is 28.5. The van der Waals surface area contributed by atoms with Crippen molar-refractivity contribution < 1.29 is 0 Å². The fourth-order valence-electron chi connectivity index (χ4n) is 9.69. The second-order valence-corrected chi connectivity index (χ2v) is 14.9. The first-order chi connectivity index (χ1) is 23.6. The van der Waals surface area contributed by atoms with E-state index < -0.39 is 0 Å². The summed E-state index contributed by atoms with van der Waals surface area (Å²) in [5, 5.41) is 18.9. The molecule has 246 valence electrons. The van der Waals surface area contributed by atoms with Crippen LogP contribution in [0.4, 0.5) is 0 Å². The molecule has 2 aromatic heterocycles. The molecular weight excluding hydrogens is 592 g/mol. The molecule has 8 heteroatoms. The molecule has 2 aliphatic carbocycles. The van der Waals surface area contributed by atoms with E-state index in [1.54, 1.807) is 0 Å². The van der Waals surface area contributed by atoms with Gasteiger partial charge in [-0.05, 0) is 81.4 Å². The summed E-state index contributed by atoms with van der Waals surface area (Å²) in [7, 11) is 0. The lowest BCUT2D eigenvalue weighted by Gasteiger charge is -2.42. The van der Waals surface area contributed by atoms with Gasteiger partial charge in [0, 0.05) is 48.4 Å². The lowest BCUT2D eigenvalue weighted by atomic mass is 9.91. The van der Waals surface area contributed by atoms with Crippen LogP contribution < -0.4 is 0 Å². The maximum atomic E-state index is 4.74. The van der Waals surface area contributed by atoms with Gasteiger partial charge in [0.05, 0.1) is 24.5 Å². The molecule has 0 spiro atoms. The van der Waals surface area contributed by atoms with Gasteiger partial charge in [0.2, 0.25) is 0 Å². The molecule has 8 nitrogen and oxygen atoms in total. The van der Waals surface area contributed by atoms with Crippen molar-refractivity contribution in [3.8, 4) is 22.5 Å². The molecule has 5 aromatic rings. The predicted molar refractivity (Wildman–Crippen MR) is 188 cm³/mol. The van der Waals surface area contributed by atoms with E-state index in [9.17, 15) is 0 Å². The highest BCUT2D eigenvalue weighted by molar-refractivity contribution is 5.68. The van der Waals surface area contributed by atoms with Crippen LogP contribution in [0.1, 0.15) is 87.7 Å². The second kappa shape index (κ2) is 12.4. The van der Waals surface area contributed by atoms with Crippen molar-refractivity contribution in [1.82, 2.24) is 39.8 Å². The van der Waals surface area contributed by atoms with E-state index >= 15 is 0 Å². The molecule has 9 rings (SSSR count). The fourth-order valence-corrected chi connectivity index (χ4v) is 9.69. The van der Waals surface area contributed by atoms with Gasteiger partial charge in [0.1, 0.15) is 11.4 Å². The third-order valence-corrected chi connectivity index (χ3v) is 12.4. The van der Waals surface area contributed by atoms with Crippen molar-refractivity contribution in [3.05, 3.63) is 108 Å². The van der Waals surface area contributed by atoms with Crippen molar-refractivity contribution in [2.75, 3.05) is 13.1 Å². The summed E-state index contributed by atoms with van der Waals surface area (Å²) in [6, 6.07) is 33.3. The zero-order valence-corrected chi connectivity index (χ0v) is 28.1. The number of hydrogen-bond acceptors (Lipinski definition) is 6. The molecule has 2 saturated heterocycles. The van der Waals surface area contributed by atoms with Crippen LogP contribution in [0.2, 0.25) is 0 Å². The maximum Gasteiger partial charge on any atom is 0.113 e. The molecule has 8 atom stereocenters. The van der Waals surface area contributed by atoms with Gasteiger partial charge in [0.25, 0.3) is 0 Å². The highest BCUT2D eigenvalue weighted by Gasteiger charge is 2.44. The number of benzene rings is 3. The number of nitrogens with zero attached hydrogens (tertiary/aromatic N) is 8. The van der Waals surface area contributed by atoms with Gasteiger partial charge in [-0.2, -0.15) is 0 Å². The SMILES string of the molecule is C[C@@H](c1ccccc1)N1C[C@H](n2cc(-c3cccc(-c4cn([C@H]5CN([C@@H](C)c6ccccc6)[C@H]6CC[C@@H]5C6)nn4)c3)nn2)[C@@H]2CC[C@H]1C2. The van der Waals surface area contributed by atoms with Crippen LogP contribution in [-0.4, -0.2) is 65.0 Å². The van der Waals surface area contributed by atoms with Crippen LogP contribution in [-0.2, 0) is 0 Å². The minimum atomic E-state index is 0.342. The molecule has 0 radical (unpaired) electrons. The zero-order valence-electron chi connectivity index (χ0n) is 28.1. The number of likely N-dealkylation sites (tertiary alicyclic amines) is 2. The Kier molecular flexibility index (Phi) is 7.73. The van der Waals surface area contributed by atoms with E-state index in [1.807, 2.05) is 0 Å². The molecule has 0 amide bonds. The van der Waals surface area contributed by atoms with Gasteiger partial charge in [-0.15, -0.1) is 10.2 Å². The average Bonchev–Trinajstić information content (AvgIpc) is 3.97. The van der Waals surface area contributed by atoms with Crippen LogP contribution in [0.25, 0.3) is 22.5 Å². The van der Waals surface area contributed by atoms with Crippen molar-refractivity contribution in [2.24, 2.45) is 11.8 Å². The first kappa shape index (κ1) is 30.0. The molecule has 2 aliphatic heterocycles. The smallest absolute Gasteiger partial charge is 0.113 e. The largest absolute Gasteiger partial charge is 0.292 e. The van der Waals surface area contributed by atoms with Crippen molar-refractivity contribution >= 4 is 0 Å². The summed E-state index contributed by atoms with van der Waals surface area (Å²) in [4.78, 5) is 5.43. The average molecular weight is 639 g/mol. The molecule has 3 aromatic carbocycles. The second-order valence-electron chi connectivity index (χ2n) is 14.9. The third kappa shape index (κ3) is 5.39. The van der Waals surface area contributed by atoms with E-state index in [4.69, 9.17) is 20.6 Å². The van der Waals surface area contributed by atoms with Gasteiger partial charge in [0.15, 0.2) is 0 Å². The molecular formula is C40H46N8. The molecule has 4 aliphatic rings. The van der Waals surface area contributed by atoms with Gasteiger partial charge in [-0.3, -0.25) is 9.80 Å². The molecule has 4 fully saturated rings. The molecule has 48 heavy (non-hydrogen) atoms. The van der Waals surface area contributed by atoms with E-state index in [0.717, 1.165) is 35.6 Å². The number of hydrogen-bond donors (Lipinski definition) is 0. The van der Waals surface area contributed by atoms with Crippen LogP contribution in [0.15, 0.2) is 97.3 Å². The van der Waals surface area contributed by atoms with Gasteiger partial charge < -0.3 is 0 Å². The molecule has 0 unspecified atom stereocenters. The van der Waals surface area contributed by atoms with Crippen LogP contribution in [0.5, 0.6) is 0 Å². The van der Waals surface area contributed by atoms with E-state index in [0.29, 0.717) is 48.1 Å². The van der Waals surface area contributed by atoms with Crippen LogP contribution in [0, 0.1) is 11.8 Å². The summed E-state index contributed by atoms with van der Waals surface area (Å²) in [6.07, 6.45) is 11.9. The highest BCUT2D eigenvalue weighted by Crippen LogP contribution is 2.47. The predicted octanol–water partition coefficient (Wildman–Crippen LogP) is 7.78. The molecule has 4 bridgehead atoms. The Morgan fingerprint density at radius 1 is 0.562 bits per heavy atom. The summed E-state index contributed by atoms with van der Waals surface area (Å²) >= 11 is 0. The first-order valence-corrected chi connectivity index (χ1v) is 18.1. The lowest BCUT2D eigenvalue weighted by molar-refractivity contribution is 0.0688. The Morgan fingerprint density at radius 2 is 1.02 bits per heavy atom.